The molecule has 3 nitrogen and oxygen atoms in total. The highest BCUT2D eigenvalue weighted by molar-refractivity contribution is 5.49. The van der Waals surface area contributed by atoms with Crippen molar-refractivity contribution in [2.75, 3.05) is 26.4 Å². The summed E-state index contributed by atoms with van der Waals surface area (Å²) in [5.74, 6) is 0. The number of aliphatic hydroxyl groups is 1. The molecular formula is C12H17NO2. The molecule has 3 aliphatic rings. The average Bonchev–Trinajstić information content (AvgIpc) is 2.95. The lowest BCUT2D eigenvalue weighted by Crippen LogP contribution is -2.43. The van der Waals surface area contributed by atoms with Gasteiger partial charge in [0.1, 0.15) is 0 Å². The van der Waals surface area contributed by atoms with Crippen LogP contribution in [0.2, 0.25) is 0 Å². The summed E-state index contributed by atoms with van der Waals surface area (Å²) in [5.41, 5.74) is 2.94. The van der Waals surface area contributed by atoms with Crippen LogP contribution in [0.25, 0.3) is 0 Å². The number of ether oxygens (including phenoxy) is 1. The molecule has 2 N–H and O–H groups in total. The molecule has 0 aromatic rings. The van der Waals surface area contributed by atoms with Crippen LogP contribution in [0.4, 0.5) is 0 Å². The Hall–Kier alpha value is -0.900. The van der Waals surface area contributed by atoms with E-state index in [0.29, 0.717) is 6.61 Å². The van der Waals surface area contributed by atoms with Gasteiger partial charge in [-0.25, -0.2) is 0 Å². The summed E-state index contributed by atoms with van der Waals surface area (Å²) < 4.78 is 5.05. The van der Waals surface area contributed by atoms with Gasteiger partial charge in [0.05, 0.1) is 25.9 Å². The first-order valence-corrected chi connectivity index (χ1v) is 5.38. The van der Waals surface area contributed by atoms with Gasteiger partial charge in [-0.1, -0.05) is 24.3 Å². The number of hydrogen-bond acceptors (Lipinski definition) is 3. The van der Waals surface area contributed by atoms with E-state index < -0.39 is 0 Å². The molecule has 1 aliphatic heterocycles. The molecule has 1 saturated heterocycles. The summed E-state index contributed by atoms with van der Waals surface area (Å²) in [6.45, 7) is 2.47. The fourth-order valence-corrected chi connectivity index (χ4v) is 1.75. The predicted octanol–water partition coefficient (Wildman–Crippen LogP) is 0.780. The quantitative estimate of drug-likeness (QED) is 0.667. The lowest BCUT2D eigenvalue weighted by Gasteiger charge is -2.21. The smallest absolute Gasteiger partial charge is 0.0642 e. The monoisotopic (exact) mass is 207 g/mol. The fourth-order valence-electron chi connectivity index (χ4n) is 1.75. The van der Waals surface area contributed by atoms with Gasteiger partial charge >= 0.3 is 0 Å². The Kier molecular flexibility index (Phi) is 3.72. The Morgan fingerprint density at radius 1 is 1.33 bits per heavy atom. The largest absolute Gasteiger partial charge is 0.395 e. The summed E-state index contributed by atoms with van der Waals surface area (Å²) in [7, 11) is 0. The first kappa shape index (κ1) is 10.6. The van der Waals surface area contributed by atoms with Gasteiger partial charge in [0.15, 0.2) is 0 Å². The van der Waals surface area contributed by atoms with Crippen LogP contribution in [0.15, 0.2) is 35.5 Å². The first-order valence-electron chi connectivity index (χ1n) is 5.38. The number of rotatable bonds is 1. The van der Waals surface area contributed by atoms with E-state index in [1.807, 2.05) is 0 Å². The van der Waals surface area contributed by atoms with Crippen molar-refractivity contribution in [2.45, 2.75) is 12.5 Å². The highest BCUT2D eigenvalue weighted by atomic mass is 16.5. The number of aliphatic hydroxyl groups excluding tert-OH is 1. The molecule has 1 fully saturated rings. The van der Waals surface area contributed by atoms with Crippen LogP contribution < -0.4 is 5.32 Å². The van der Waals surface area contributed by atoms with E-state index in [2.05, 4.69) is 29.6 Å². The lowest BCUT2D eigenvalue weighted by molar-refractivity contribution is 0.0550. The number of hydrogen-bond donors (Lipinski definition) is 2. The number of allylic oxidation sites excluding steroid dienone is 6. The van der Waals surface area contributed by atoms with E-state index in [0.717, 1.165) is 13.2 Å². The molecule has 0 saturated carbocycles. The lowest BCUT2D eigenvalue weighted by atomic mass is 10.3. The molecular weight excluding hydrogens is 190 g/mol. The summed E-state index contributed by atoms with van der Waals surface area (Å²) >= 11 is 0. The van der Waals surface area contributed by atoms with E-state index in [1.165, 1.54) is 17.6 Å². The molecule has 0 aromatic heterocycles. The van der Waals surface area contributed by atoms with Gasteiger partial charge in [0, 0.05) is 6.54 Å². The predicted molar refractivity (Wildman–Crippen MR) is 59.6 cm³/mol. The van der Waals surface area contributed by atoms with E-state index in [-0.39, 0.29) is 12.6 Å². The molecule has 82 valence electrons. The Morgan fingerprint density at radius 3 is 2.33 bits per heavy atom. The van der Waals surface area contributed by atoms with Crippen LogP contribution in [0.1, 0.15) is 6.42 Å². The Bertz CT molecular complexity index is 279. The van der Waals surface area contributed by atoms with Gasteiger partial charge in [0.2, 0.25) is 0 Å². The van der Waals surface area contributed by atoms with Crippen LogP contribution in [-0.4, -0.2) is 37.5 Å². The molecule has 0 radical (unpaired) electrons. The van der Waals surface area contributed by atoms with E-state index in [9.17, 15) is 0 Å². The summed E-state index contributed by atoms with van der Waals surface area (Å²) in [6, 6.07) is 0.170. The minimum absolute atomic E-state index is 0.170. The van der Waals surface area contributed by atoms with Crippen molar-refractivity contribution in [1.82, 2.24) is 5.32 Å². The molecule has 0 amide bonds. The standard InChI is InChI=1S/C7H6.C5H11NO2/c1-2-7-4-3-6(1)5-7;7-3-5-4-8-2-1-6-5/h1-4H,5H2;5-7H,1-4H2/t;5-/m.0/s1. The van der Waals surface area contributed by atoms with Gasteiger partial charge in [-0.3, -0.25) is 0 Å². The molecule has 15 heavy (non-hydrogen) atoms. The molecule has 2 aliphatic carbocycles. The molecule has 3 rings (SSSR count). The van der Waals surface area contributed by atoms with Crippen LogP contribution in [-0.2, 0) is 4.74 Å². The van der Waals surface area contributed by atoms with Crippen molar-refractivity contribution in [3.63, 3.8) is 0 Å². The fraction of sp³-hybridized carbons (Fsp3) is 0.500. The van der Waals surface area contributed by atoms with Crippen LogP contribution >= 0.6 is 0 Å². The van der Waals surface area contributed by atoms with Crippen molar-refractivity contribution in [3.05, 3.63) is 35.5 Å². The molecule has 3 heteroatoms. The molecule has 1 atom stereocenters. The van der Waals surface area contributed by atoms with Crippen molar-refractivity contribution in [1.29, 1.82) is 0 Å². The summed E-state index contributed by atoms with van der Waals surface area (Å²) in [5, 5.41) is 11.6. The molecule has 1 heterocycles. The minimum Gasteiger partial charge on any atom is -0.395 e. The van der Waals surface area contributed by atoms with E-state index >= 15 is 0 Å². The number of nitrogens with one attached hydrogen (secondary N) is 1. The van der Waals surface area contributed by atoms with E-state index in [4.69, 9.17) is 9.84 Å². The maximum absolute atomic E-state index is 8.55. The van der Waals surface area contributed by atoms with Crippen molar-refractivity contribution in [3.8, 4) is 0 Å². The van der Waals surface area contributed by atoms with Crippen molar-refractivity contribution >= 4 is 0 Å². The maximum atomic E-state index is 8.55. The molecule has 0 unspecified atom stereocenters. The normalized spacial score (nSPS) is 26.9. The summed E-state index contributed by atoms with van der Waals surface area (Å²) in [6.07, 6.45) is 9.90. The van der Waals surface area contributed by atoms with Crippen LogP contribution in [0, 0.1) is 0 Å². The van der Waals surface area contributed by atoms with Crippen molar-refractivity contribution in [2.24, 2.45) is 0 Å². The minimum atomic E-state index is 0.170. The third-order valence-corrected chi connectivity index (χ3v) is 2.65. The first-order chi connectivity index (χ1) is 7.38. The van der Waals surface area contributed by atoms with Gasteiger partial charge in [0.25, 0.3) is 0 Å². The third kappa shape index (κ3) is 3.02. The Morgan fingerprint density at radius 2 is 2.07 bits per heavy atom. The number of morpholine rings is 1. The molecule has 0 spiro atoms. The Balaban J connectivity index is 0.000000114. The topological polar surface area (TPSA) is 41.5 Å². The van der Waals surface area contributed by atoms with Gasteiger partial charge in [-0.15, -0.1) is 0 Å². The van der Waals surface area contributed by atoms with E-state index in [1.54, 1.807) is 0 Å². The average molecular weight is 207 g/mol. The highest BCUT2D eigenvalue weighted by Crippen LogP contribution is 2.27. The van der Waals surface area contributed by atoms with Gasteiger partial charge in [-0.05, 0) is 17.6 Å². The second kappa shape index (κ2) is 5.26. The number of fused-ring (bicyclic) bond motifs is 2. The zero-order valence-electron chi connectivity index (χ0n) is 8.78. The zero-order valence-corrected chi connectivity index (χ0v) is 8.78. The zero-order chi connectivity index (χ0) is 10.5. The van der Waals surface area contributed by atoms with Crippen LogP contribution in [0.5, 0.6) is 0 Å². The van der Waals surface area contributed by atoms with Crippen molar-refractivity contribution < 1.29 is 9.84 Å². The highest BCUT2D eigenvalue weighted by Gasteiger charge is 2.09. The third-order valence-electron chi connectivity index (χ3n) is 2.65. The molecule has 0 aromatic carbocycles. The molecule has 2 bridgehead atoms. The van der Waals surface area contributed by atoms with Crippen LogP contribution in [0.3, 0.4) is 0 Å². The van der Waals surface area contributed by atoms with Gasteiger partial charge in [-0.2, -0.15) is 0 Å². The summed E-state index contributed by atoms with van der Waals surface area (Å²) in [4.78, 5) is 0. The maximum Gasteiger partial charge on any atom is 0.0642 e. The second-order valence-electron chi connectivity index (χ2n) is 3.90. The second-order valence-corrected chi connectivity index (χ2v) is 3.90. The SMILES string of the molecule is C1=CC2=CC=C1C2.OC[C@H]1COCCN1. The van der Waals surface area contributed by atoms with Gasteiger partial charge < -0.3 is 15.2 Å². The Labute approximate surface area is 90.1 Å².